The fourth-order valence-electron chi connectivity index (χ4n) is 4.34. The molecule has 2 aliphatic heterocycles. The third-order valence-corrected chi connectivity index (χ3v) is 5.56. The molecular formula is C21H21N5O2. The average molecular weight is 375 g/mol. The number of hydrogen-bond acceptors (Lipinski definition) is 5. The van der Waals surface area contributed by atoms with Crippen LogP contribution in [-0.4, -0.2) is 49.0 Å². The molecule has 2 saturated heterocycles. The Morgan fingerprint density at radius 1 is 1.00 bits per heavy atom. The molecule has 142 valence electrons. The Morgan fingerprint density at radius 3 is 2.50 bits per heavy atom. The number of piperidine rings is 1. The maximum absolute atomic E-state index is 13.1. The SMILES string of the molecule is O=C(c1cnn(-c2ccccc2)n1)N1C2CCC1CC(Oc1cccnc1)C2. The third kappa shape index (κ3) is 3.13. The van der Waals surface area contributed by atoms with Gasteiger partial charge in [-0.1, -0.05) is 18.2 Å². The zero-order valence-electron chi connectivity index (χ0n) is 15.4. The van der Waals surface area contributed by atoms with E-state index in [1.165, 1.54) is 4.80 Å². The van der Waals surface area contributed by atoms with Crippen molar-refractivity contribution in [1.82, 2.24) is 24.9 Å². The van der Waals surface area contributed by atoms with Crippen LogP contribution < -0.4 is 4.74 Å². The van der Waals surface area contributed by atoms with E-state index in [0.717, 1.165) is 37.1 Å². The van der Waals surface area contributed by atoms with Crippen LogP contribution >= 0.6 is 0 Å². The molecule has 28 heavy (non-hydrogen) atoms. The second kappa shape index (κ2) is 7.07. The van der Waals surface area contributed by atoms with Crippen molar-refractivity contribution in [1.29, 1.82) is 0 Å². The van der Waals surface area contributed by atoms with Gasteiger partial charge in [0.15, 0.2) is 5.69 Å². The Kier molecular flexibility index (Phi) is 4.27. The lowest BCUT2D eigenvalue weighted by atomic mass is 9.99. The summed E-state index contributed by atoms with van der Waals surface area (Å²) in [6, 6.07) is 13.8. The quantitative estimate of drug-likeness (QED) is 0.701. The minimum atomic E-state index is -0.0329. The maximum Gasteiger partial charge on any atom is 0.276 e. The van der Waals surface area contributed by atoms with Crippen LogP contribution in [0.4, 0.5) is 0 Å². The van der Waals surface area contributed by atoms with E-state index in [1.54, 1.807) is 18.6 Å². The van der Waals surface area contributed by atoms with Crippen molar-refractivity contribution in [3.8, 4) is 11.4 Å². The molecule has 2 aliphatic rings. The summed E-state index contributed by atoms with van der Waals surface area (Å²) in [5.41, 5.74) is 1.24. The summed E-state index contributed by atoms with van der Waals surface area (Å²) in [5.74, 6) is 0.756. The first kappa shape index (κ1) is 16.9. The molecule has 2 unspecified atom stereocenters. The van der Waals surface area contributed by atoms with Crippen LogP contribution in [0.5, 0.6) is 5.75 Å². The van der Waals surface area contributed by atoms with Gasteiger partial charge >= 0.3 is 0 Å². The van der Waals surface area contributed by atoms with Crippen LogP contribution in [0.25, 0.3) is 5.69 Å². The van der Waals surface area contributed by atoms with E-state index in [-0.39, 0.29) is 24.1 Å². The molecule has 1 aromatic carbocycles. The highest BCUT2D eigenvalue weighted by molar-refractivity contribution is 5.92. The molecule has 0 N–H and O–H groups in total. The number of para-hydroxylation sites is 1. The second-order valence-electron chi connectivity index (χ2n) is 7.35. The fourth-order valence-corrected chi connectivity index (χ4v) is 4.34. The Balaban J connectivity index is 1.30. The Hall–Kier alpha value is -3.22. The molecular weight excluding hydrogens is 354 g/mol. The second-order valence-corrected chi connectivity index (χ2v) is 7.35. The molecule has 2 fully saturated rings. The largest absolute Gasteiger partial charge is 0.489 e. The van der Waals surface area contributed by atoms with Gasteiger partial charge in [-0.2, -0.15) is 9.90 Å². The molecule has 3 aromatic rings. The lowest BCUT2D eigenvalue weighted by molar-refractivity contribution is 0.0353. The topological polar surface area (TPSA) is 73.1 Å². The number of rotatable bonds is 4. The van der Waals surface area contributed by atoms with Crippen molar-refractivity contribution in [3.63, 3.8) is 0 Å². The first-order chi connectivity index (χ1) is 13.8. The van der Waals surface area contributed by atoms with E-state index >= 15 is 0 Å². The number of carbonyl (C=O) groups is 1. The number of aromatic nitrogens is 4. The van der Waals surface area contributed by atoms with Crippen molar-refractivity contribution in [2.75, 3.05) is 0 Å². The summed E-state index contributed by atoms with van der Waals surface area (Å²) in [6.07, 6.45) is 8.85. The third-order valence-electron chi connectivity index (χ3n) is 5.56. The molecule has 7 heteroatoms. The van der Waals surface area contributed by atoms with E-state index in [0.29, 0.717) is 5.69 Å². The van der Waals surface area contributed by atoms with Gasteiger partial charge in [-0.15, -0.1) is 5.10 Å². The lowest BCUT2D eigenvalue weighted by Crippen LogP contribution is -2.49. The molecule has 2 atom stereocenters. The summed E-state index contributed by atoms with van der Waals surface area (Å²) < 4.78 is 6.10. The minimum Gasteiger partial charge on any atom is -0.489 e. The molecule has 5 rings (SSSR count). The molecule has 2 aromatic heterocycles. The molecule has 4 heterocycles. The zero-order valence-corrected chi connectivity index (χ0v) is 15.4. The summed E-state index contributed by atoms with van der Waals surface area (Å²) in [6.45, 7) is 0. The van der Waals surface area contributed by atoms with Gasteiger partial charge < -0.3 is 9.64 Å². The van der Waals surface area contributed by atoms with Gasteiger partial charge in [0.1, 0.15) is 11.9 Å². The predicted octanol–water partition coefficient (Wildman–Crippen LogP) is 2.88. The van der Waals surface area contributed by atoms with Crippen molar-refractivity contribution >= 4 is 5.91 Å². The lowest BCUT2D eigenvalue weighted by Gasteiger charge is -2.38. The summed E-state index contributed by atoms with van der Waals surface area (Å²) >= 11 is 0. The summed E-state index contributed by atoms with van der Waals surface area (Å²) in [7, 11) is 0. The fraction of sp³-hybridized carbons (Fsp3) is 0.333. The number of carbonyl (C=O) groups excluding carboxylic acids is 1. The van der Waals surface area contributed by atoms with Crippen molar-refractivity contribution < 1.29 is 9.53 Å². The van der Waals surface area contributed by atoms with Gasteiger partial charge in [0, 0.05) is 31.1 Å². The number of fused-ring (bicyclic) bond motifs is 2. The van der Waals surface area contributed by atoms with Crippen LogP contribution in [0.15, 0.2) is 61.1 Å². The predicted molar refractivity (Wildman–Crippen MR) is 102 cm³/mol. The number of pyridine rings is 1. The Labute approximate surface area is 163 Å². The highest BCUT2D eigenvalue weighted by atomic mass is 16.5. The molecule has 1 amide bonds. The number of amides is 1. The highest BCUT2D eigenvalue weighted by Crippen LogP contribution is 2.38. The molecule has 0 aliphatic carbocycles. The van der Waals surface area contributed by atoms with Gasteiger partial charge in [0.25, 0.3) is 5.91 Å². The average Bonchev–Trinajstić information content (AvgIpc) is 3.32. The van der Waals surface area contributed by atoms with E-state index in [9.17, 15) is 4.79 Å². The van der Waals surface area contributed by atoms with E-state index < -0.39 is 0 Å². The molecule has 0 radical (unpaired) electrons. The van der Waals surface area contributed by atoms with Crippen molar-refractivity contribution in [2.24, 2.45) is 0 Å². The first-order valence-corrected chi connectivity index (χ1v) is 9.65. The monoisotopic (exact) mass is 375 g/mol. The van der Waals surface area contributed by atoms with Crippen molar-refractivity contribution in [2.45, 2.75) is 43.9 Å². The van der Waals surface area contributed by atoms with Crippen LogP contribution in [-0.2, 0) is 0 Å². The molecule has 0 saturated carbocycles. The summed E-state index contributed by atoms with van der Waals surface area (Å²) in [5, 5.41) is 8.68. The van der Waals surface area contributed by atoms with Gasteiger partial charge in [-0.25, -0.2) is 0 Å². The Morgan fingerprint density at radius 2 is 1.79 bits per heavy atom. The number of benzene rings is 1. The van der Waals surface area contributed by atoms with Crippen LogP contribution in [0.1, 0.15) is 36.2 Å². The minimum absolute atomic E-state index is 0.0329. The van der Waals surface area contributed by atoms with E-state index in [4.69, 9.17) is 4.74 Å². The van der Waals surface area contributed by atoms with Crippen LogP contribution in [0.3, 0.4) is 0 Å². The zero-order chi connectivity index (χ0) is 18.9. The van der Waals surface area contributed by atoms with Gasteiger partial charge in [-0.3, -0.25) is 9.78 Å². The van der Waals surface area contributed by atoms with Crippen molar-refractivity contribution in [3.05, 3.63) is 66.7 Å². The smallest absolute Gasteiger partial charge is 0.276 e. The first-order valence-electron chi connectivity index (χ1n) is 9.65. The normalized spacial score (nSPS) is 23.6. The van der Waals surface area contributed by atoms with Gasteiger partial charge in [0.2, 0.25) is 0 Å². The van der Waals surface area contributed by atoms with Gasteiger partial charge in [0.05, 0.1) is 18.1 Å². The number of nitrogens with zero attached hydrogens (tertiary/aromatic N) is 5. The van der Waals surface area contributed by atoms with E-state index in [2.05, 4.69) is 15.2 Å². The molecule has 0 spiro atoms. The standard InChI is InChI=1S/C21H21N5O2/c27-21(20-14-23-26(24-20)15-5-2-1-3-6-15)25-16-8-9-17(25)12-19(11-16)28-18-7-4-10-22-13-18/h1-7,10,13-14,16-17,19H,8-9,11-12H2. The van der Waals surface area contributed by atoms with Crippen LogP contribution in [0, 0.1) is 0 Å². The molecule has 7 nitrogen and oxygen atoms in total. The maximum atomic E-state index is 13.1. The molecule has 2 bridgehead atoms. The Bertz CT molecular complexity index is 945. The number of hydrogen-bond donors (Lipinski definition) is 0. The summed E-state index contributed by atoms with van der Waals surface area (Å²) in [4.78, 5) is 20.7. The van der Waals surface area contributed by atoms with E-state index in [1.807, 2.05) is 47.4 Å². The highest BCUT2D eigenvalue weighted by Gasteiger charge is 2.44. The van der Waals surface area contributed by atoms with Gasteiger partial charge in [-0.05, 0) is 37.1 Å². The number of ether oxygens (including phenoxy) is 1. The van der Waals surface area contributed by atoms with Crippen LogP contribution in [0.2, 0.25) is 0 Å².